The monoisotopic (exact) mass is 399 g/mol. The fraction of sp³-hybridized carbons (Fsp3) is 0.364. The van der Waals surface area contributed by atoms with E-state index in [1.54, 1.807) is 20.8 Å². The van der Waals surface area contributed by atoms with Crippen molar-refractivity contribution in [3.05, 3.63) is 53.6 Å². The Labute approximate surface area is 171 Å². The van der Waals surface area contributed by atoms with Crippen molar-refractivity contribution in [3.8, 4) is 11.1 Å². The molecular weight excluding hydrogens is 374 g/mol. The van der Waals surface area contributed by atoms with E-state index in [1.165, 1.54) is 12.0 Å². The van der Waals surface area contributed by atoms with Gasteiger partial charge in [0.25, 0.3) is 0 Å². The lowest BCUT2D eigenvalue weighted by Gasteiger charge is -2.37. The van der Waals surface area contributed by atoms with E-state index in [0.29, 0.717) is 6.42 Å². The first-order chi connectivity index (χ1) is 13.2. The number of amides is 1. The standard InChI is InChI=1S/C22H25NO4S/c1-22(2,3)27-21(25)23-13-18-15(12-19(23)20(24)26-4)8-6-10-17(18)14-7-5-9-16(28)11-14/h5-11,19,28H,12-13H2,1-4H3. The predicted molar refractivity (Wildman–Crippen MR) is 110 cm³/mol. The molecule has 0 fully saturated rings. The molecule has 0 aliphatic carbocycles. The molecule has 3 rings (SSSR count). The first-order valence-electron chi connectivity index (χ1n) is 9.17. The van der Waals surface area contributed by atoms with Gasteiger partial charge in [-0.3, -0.25) is 4.90 Å². The molecule has 1 unspecified atom stereocenters. The summed E-state index contributed by atoms with van der Waals surface area (Å²) in [5.74, 6) is -0.445. The van der Waals surface area contributed by atoms with Gasteiger partial charge in [-0.1, -0.05) is 30.3 Å². The van der Waals surface area contributed by atoms with Gasteiger partial charge in [0.05, 0.1) is 13.7 Å². The zero-order valence-corrected chi connectivity index (χ0v) is 17.5. The Balaban J connectivity index is 2.04. The van der Waals surface area contributed by atoms with Gasteiger partial charge in [-0.05, 0) is 55.2 Å². The van der Waals surface area contributed by atoms with Crippen LogP contribution in [0.25, 0.3) is 11.1 Å². The lowest BCUT2D eigenvalue weighted by Crippen LogP contribution is -2.50. The predicted octanol–water partition coefficient (Wildman–Crippen LogP) is 4.48. The lowest BCUT2D eigenvalue weighted by atomic mass is 9.88. The quantitative estimate of drug-likeness (QED) is 0.598. The molecule has 0 saturated carbocycles. The first kappa shape index (κ1) is 20.3. The number of esters is 1. The number of carbonyl (C=O) groups excluding carboxylic acids is 2. The Kier molecular flexibility index (Phi) is 5.70. The average Bonchev–Trinajstić information content (AvgIpc) is 2.64. The summed E-state index contributed by atoms with van der Waals surface area (Å²) in [5, 5.41) is 0. The van der Waals surface area contributed by atoms with Crippen molar-refractivity contribution in [3.63, 3.8) is 0 Å². The molecule has 2 aromatic rings. The van der Waals surface area contributed by atoms with E-state index in [-0.39, 0.29) is 6.54 Å². The fourth-order valence-electron chi connectivity index (χ4n) is 3.41. The molecule has 148 valence electrons. The number of ether oxygens (including phenoxy) is 2. The van der Waals surface area contributed by atoms with E-state index in [0.717, 1.165) is 27.1 Å². The minimum absolute atomic E-state index is 0.275. The summed E-state index contributed by atoms with van der Waals surface area (Å²) in [5.41, 5.74) is 3.41. The van der Waals surface area contributed by atoms with Crippen molar-refractivity contribution in [1.29, 1.82) is 0 Å². The summed E-state index contributed by atoms with van der Waals surface area (Å²) in [4.78, 5) is 27.5. The minimum atomic E-state index is -0.709. The third kappa shape index (κ3) is 4.33. The van der Waals surface area contributed by atoms with Crippen molar-refractivity contribution in [2.45, 2.75) is 50.3 Å². The van der Waals surface area contributed by atoms with Crippen LogP contribution < -0.4 is 0 Å². The van der Waals surface area contributed by atoms with Crippen LogP contribution in [0.15, 0.2) is 47.4 Å². The van der Waals surface area contributed by atoms with Crippen LogP contribution in [-0.4, -0.2) is 35.7 Å². The number of hydrogen-bond acceptors (Lipinski definition) is 5. The van der Waals surface area contributed by atoms with Crippen LogP contribution in [0.4, 0.5) is 4.79 Å². The molecule has 1 atom stereocenters. The summed E-state index contributed by atoms with van der Waals surface area (Å²) in [6.07, 6.45) is -0.137. The van der Waals surface area contributed by atoms with Gasteiger partial charge in [-0.2, -0.15) is 0 Å². The molecule has 1 aliphatic heterocycles. The summed E-state index contributed by atoms with van der Waals surface area (Å²) in [6, 6.07) is 13.1. The Hall–Kier alpha value is -2.47. The van der Waals surface area contributed by atoms with Crippen LogP contribution in [0, 0.1) is 0 Å². The zero-order chi connectivity index (χ0) is 20.5. The summed E-state index contributed by atoms with van der Waals surface area (Å²) >= 11 is 4.44. The zero-order valence-electron chi connectivity index (χ0n) is 16.6. The molecule has 6 heteroatoms. The summed E-state index contributed by atoms with van der Waals surface area (Å²) in [7, 11) is 1.33. The topological polar surface area (TPSA) is 55.8 Å². The second-order valence-corrected chi connectivity index (χ2v) is 8.36. The average molecular weight is 400 g/mol. The van der Waals surface area contributed by atoms with Gasteiger partial charge in [0.15, 0.2) is 0 Å². The molecule has 5 nitrogen and oxygen atoms in total. The molecule has 1 amide bonds. The molecule has 1 aliphatic rings. The number of rotatable bonds is 2. The molecule has 0 bridgehead atoms. The van der Waals surface area contributed by atoms with Crippen molar-refractivity contribution >= 4 is 24.7 Å². The number of benzene rings is 2. The number of carbonyl (C=O) groups is 2. The SMILES string of the molecule is COC(=O)C1Cc2cccc(-c3cccc(S)c3)c2CN1C(=O)OC(C)(C)C. The Morgan fingerprint density at radius 1 is 1.14 bits per heavy atom. The third-order valence-corrected chi connectivity index (χ3v) is 4.93. The van der Waals surface area contributed by atoms with Crippen molar-refractivity contribution < 1.29 is 19.1 Å². The van der Waals surface area contributed by atoms with Gasteiger partial charge in [-0.25, -0.2) is 9.59 Å². The molecule has 0 aromatic heterocycles. The van der Waals surface area contributed by atoms with Crippen LogP contribution in [0.5, 0.6) is 0 Å². The van der Waals surface area contributed by atoms with Crippen LogP contribution in [0.3, 0.4) is 0 Å². The van der Waals surface area contributed by atoms with Gasteiger partial charge in [0.2, 0.25) is 0 Å². The van der Waals surface area contributed by atoms with Gasteiger partial charge < -0.3 is 9.47 Å². The maximum Gasteiger partial charge on any atom is 0.411 e. The summed E-state index contributed by atoms with van der Waals surface area (Å²) in [6.45, 7) is 5.69. The highest BCUT2D eigenvalue weighted by Gasteiger charge is 2.38. The van der Waals surface area contributed by atoms with Gasteiger partial charge in [-0.15, -0.1) is 12.6 Å². The Morgan fingerprint density at radius 2 is 1.86 bits per heavy atom. The highest BCUT2D eigenvalue weighted by atomic mass is 32.1. The number of thiol groups is 1. The van der Waals surface area contributed by atoms with Gasteiger partial charge in [0.1, 0.15) is 11.6 Å². The molecule has 1 heterocycles. The normalized spacial score (nSPS) is 16.3. The molecule has 0 radical (unpaired) electrons. The highest BCUT2D eigenvalue weighted by Crippen LogP contribution is 2.34. The lowest BCUT2D eigenvalue weighted by molar-refractivity contribution is -0.147. The number of methoxy groups -OCH3 is 1. The van der Waals surface area contributed by atoms with Crippen molar-refractivity contribution in [2.75, 3.05) is 7.11 Å². The van der Waals surface area contributed by atoms with E-state index in [1.807, 2.05) is 42.5 Å². The number of fused-ring (bicyclic) bond motifs is 1. The van der Waals surface area contributed by atoms with Crippen LogP contribution in [0.2, 0.25) is 0 Å². The van der Waals surface area contributed by atoms with E-state index in [9.17, 15) is 9.59 Å². The van der Waals surface area contributed by atoms with E-state index in [2.05, 4.69) is 12.6 Å². The largest absolute Gasteiger partial charge is 0.467 e. The molecule has 0 spiro atoms. The maximum absolute atomic E-state index is 12.8. The van der Waals surface area contributed by atoms with Gasteiger partial charge >= 0.3 is 12.1 Å². The molecular formula is C22H25NO4S. The smallest absolute Gasteiger partial charge is 0.411 e. The molecule has 0 N–H and O–H groups in total. The van der Waals surface area contributed by atoms with Crippen molar-refractivity contribution in [2.24, 2.45) is 0 Å². The Morgan fingerprint density at radius 3 is 2.50 bits per heavy atom. The molecule has 28 heavy (non-hydrogen) atoms. The van der Waals surface area contributed by atoms with Crippen LogP contribution >= 0.6 is 12.6 Å². The van der Waals surface area contributed by atoms with Crippen LogP contribution in [0.1, 0.15) is 31.9 Å². The Bertz CT molecular complexity index is 904. The minimum Gasteiger partial charge on any atom is -0.467 e. The van der Waals surface area contributed by atoms with E-state index < -0.39 is 23.7 Å². The fourth-order valence-corrected chi connectivity index (χ4v) is 3.64. The number of nitrogens with zero attached hydrogens (tertiary/aromatic N) is 1. The van der Waals surface area contributed by atoms with E-state index in [4.69, 9.17) is 9.47 Å². The van der Waals surface area contributed by atoms with Crippen molar-refractivity contribution in [1.82, 2.24) is 4.90 Å². The third-order valence-electron chi connectivity index (χ3n) is 4.65. The van der Waals surface area contributed by atoms with E-state index >= 15 is 0 Å². The number of hydrogen-bond donors (Lipinski definition) is 1. The van der Waals surface area contributed by atoms with Crippen LogP contribution in [-0.2, 0) is 27.2 Å². The second kappa shape index (κ2) is 7.87. The highest BCUT2D eigenvalue weighted by molar-refractivity contribution is 7.80. The summed E-state index contributed by atoms with van der Waals surface area (Å²) < 4.78 is 10.5. The molecule has 2 aromatic carbocycles. The van der Waals surface area contributed by atoms with Gasteiger partial charge in [0, 0.05) is 11.3 Å². The first-order valence-corrected chi connectivity index (χ1v) is 9.62. The molecule has 0 saturated heterocycles. The maximum atomic E-state index is 12.8. The second-order valence-electron chi connectivity index (χ2n) is 7.84.